The summed E-state index contributed by atoms with van der Waals surface area (Å²) in [7, 11) is 3.13. The first kappa shape index (κ1) is 103. The molecule has 3 aliphatic heterocycles. The number of aliphatic hydroxyl groups excluding tert-OH is 4. The molecular weight excluding hydrogens is 1670 g/mol. The first-order valence-electron chi connectivity index (χ1n) is 43.5. The Morgan fingerprint density at radius 1 is 0.531 bits per heavy atom. The van der Waals surface area contributed by atoms with Crippen molar-refractivity contribution in [3.63, 3.8) is 0 Å². The molecule has 3 saturated heterocycles. The van der Waals surface area contributed by atoms with Gasteiger partial charge in [-0.1, -0.05) is 119 Å². The summed E-state index contributed by atoms with van der Waals surface area (Å²) in [5.74, 6) is -9.78. The van der Waals surface area contributed by atoms with Crippen molar-refractivity contribution in [1.29, 1.82) is 0 Å². The molecule has 4 bridgehead atoms. The van der Waals surface area contributed by atoms with Gasteiger partial charge in [-0.15, -0.1) is 0 Å². The molecule has 0 aromatic heterocycles. The van der Waals surface area contributed by atoms with Crippen LogP contribution in [0.15, 0.2) is 108 Å². The van der Waals surface area contributed by atoms with E-state index in [9.17, 15) is 78.6 Å². The predicted octanol–water partition coefficient (Wildman–Crippen LogP) is 8.96. The summed E-state index contributed by atoms with van der Waals surface area (Å²) >= 11 is 0. The number of hydrogen-bond acceptors (Lipinski definition) is 32. The molecule has 3 unspecified atom stereocenters. The maximum Gasteiger partial charge on any atom is 0.407 e. The molecule has 128 heavy (non-hydrogen) atoms. The van der Waals surface area contributed by atoms with Crippen molar-refractivity contribution in [2.75, 3.05) is 27.4 Å². The Morgan fingerprint density at radius 2 is 0.914 bits per heavy atom. The third-order valence-corrected chi connectivity index (χ3v) is 26.8. The van der Waals surface area contributed by atoms with Crippen molar-refractivity contribution in [2.45, 2.75) is 335 Å². The van der Waals surface area contributed by atoms with E-state index in [4.69, 9.17) is 75.8 Å². The lowest BCUT2D eigenvalue weighted by Gasteiger charge is -2.71. The Morgan fingerprint density at radius 3 is 1.25 bits per heavy atom. The molecule has 34 nitrogen and oxygen atoms in total. The molecule has 7 fully saturated rings. The first-order valence-corrected chi connectivity index (χ1v) is 43.5. The number of aliphatic hydroxyl groups is 6. The second-order valence-electron chi connectivity index (χ2n) is 39.3. The molecule has 3 heterocycles. The molecule has 9 aliphatic rings. The molecule has 34 heteroatoms. The number of methoxy groups -OCH3 is 2. The summed E-state index contributed by atoms with van der Waals surface area (Å²) in [5, 5.41) is 80.6. The molecular formula is C94H134N2O32. The van der Waals surface area contributed by atoms with Crippen molar-refractivity contribution >= 4 is 59.9 Å². The van der Waals surface area contributed by atoms with Crippen molar-refractivity contribution in [3.8, 4) is 0 Å². The summed E-state index contributed by atoms with van der Waals surface area (Å²) in [6.07, 6.45) is -20.4. The van der Waals surface area contributed by atoms with Gasteiger partial charge in [0.15, 0.2) is 48.2 Å². The number of carbonyl (C=O) groups excluding carboxylic acids is 10. The molecule has 4 saturated carbocycles. The van der Waals surface area contributed by atoms with Gasteiger partial charge >= 0.3 is 59.9 Å². The number of rotatable bonds is 24. The van der Waals surface area contributed by atoms with Crippen LogP contribution in [0.25, 0.3) is 0 Å². The highest BCUT2D eigenvalue weighted by atomic mass is 16.7. The van der Waals surface area contributed by atoms with Crippen LogP contribution in [0.2, 0.25) is 0 Å². The fourth-order valence-electron chi connectivity index (χ4n) is 20.8. The minimum absolute atomic E-state index is 0.0926. The predicted molar refractivity (Wildman–Crippen MR) is 456 cm³/mol. The van der Waals surface area contributed by atoms with Crippen LogP contribution in [-0.2, 0) is 105 Å². The average Bonchev–Trinajstić information content (AvgIpc) is 0.666. The fraction of sp³-hybridized carbons (Fsp3) is 0.681. The average molecular weight is 1800 g/mol. The molecule has 2 aromatic carbocycles. The van der Waals surface area contributed by atoms with E-state index < -0.39 is 244 Å². The van der Waals surface area contributed by atoms with Gasteiger partial charge in [0.1, 0.15) is 71.2 Å². The Bertz CT molecular complexity index is 4470. The highest BCUT2D eigenvalue weighted by Crippen LogP contribution is 2.69. The fourth-order valence-corrected chi connectivity index (χ4v) is 20.8. The molecule has 2 amide bonds. The largest absolute Gasteiger partial charge is 0.456 e. The third kappa shape index (κ3) is 20.3. The van der Waals surface area contributed by atoms with E-state index in [0.717, 1.165) is 6.92 Å². The zero-order chi connectivity index (χ0) is 95.8. The zero-order valence-electron chi connectivity index (χ0n) is 78.0. The summed E-state index contributed by atoms with van der Waals surface area (Å²) < 4.78 is 95.3. The van der Waals surface area contributed by atoms with Crippen LogP contribution >= 0.6 is 0 Å². The van der Waals surface area contributed by atoms with Crippen LogP contribution in [0, 0.1) is 45.3 Å². The van der Waals surface area contributed by atoms with Crippen LogP contribution in [0.1, 0.15) is 212 Å². The lowest BCUT2D eigenvalue weighted by Crippen LogP contribution is -2.83. The second-order valence-corrected chi connectivity index (χ2v) is 39.3. The zero-order valence-corrected chi connectivity index (χ0v) is 78.0. The lowest BCUT2D eigenvalue weighted by atomic mass is 9.44. The number of amides is 2. The Hall–Kier alpha value is -8.78. The van der Waals surface area contributed by atoms with Gasteiger partial charge in [0.2, 0.25) is 0 Å². The molecule has 25 atom stereocenters. The maximum absolute atomic E-state index is 14.4. The molecule has 712 valence electrons. The lowest BCUT2D eigenvalue weighted by molar-refractivity contribution is -0.405. The number of esters is 8. The summed E-state index contributed by atoms with van der Waals surface area (Å²) in [5.41, 5.74) is -14.5. The topological polar surface area (TPSA) is 464 Å². The summed E-state index contributed by atoms with van der Waals surface area (Å²) in [6.45, 7) is 42.3. The van der Waals surface area contributed by atoms with Crippen LogP contribution in [0.5, 0.6) is 0 Å². The number of fused-ring (bicyclic) bond motifs is 9. The summed E-state index contributed by atoms with van der Waals surface area (Å²) in [6, 6.07) is 13.8. The normalized spacial score (nSPS) is 33.7. The number of hydrogen-bond donors (Lipinski definition) is 8. The Kier molecular flexibility index (Phi) is 31.6. The molecule has 0 radical (unpaired) electrons. The second kappa shape index (κ2) is 39.3. The van der Waals surface area contributed by atoms with Crippen LogP contribution in [0.4, 0.5) is 9.59 Å². The van der Waals surface area contributed by atoms with Gasteiger partial charge in [0.05, 0.1) is 60.5 Å². The summed E-state index contributed by atoms with van der Waals surface area (Å²) in [4.78, 5) is 135. The molecule has 2 aromatic rings. The number of ether oxygens (including phenoxy) is 16. The van der Waals surface area contributed by atoms with Gasteiger partial charge in [-0.3, -0.25) is 19.2 Å². The van der Waals surface area contributed by atoms with Crippen LogP contribution in [0.3, 0.4) is 0 Å². The smallest absolute Gasteiger partial charge is 0.407 e. The minimum atomic E-state index is -2.33. The van der Waals surface area contributed by atoms with E-state index in [1.165, 1.54) is 45.9 Å². The van der Waals surface area contributed by atoms with Crippen molar-refractivity contribution in [3.05, 3.63) is 119 Å². The van der Waals surface area contributed by atoms with Gasteiger partial charge in [-0.05, 0) is 139 Å². The van der Waals surface area contributed by atoms with Gasteiger partial charge in [0.25, 0.3) is 0 Å². The molecule has 11 rings (SSSR count). The number of nitrogens with one attached hydrogen (secondary N) is 2. The number of carbonyl (C=O) groups is 10. The molecule has 8 N–H and O–H groups in total. The monoisotopic (exact) mass is 1800 g/mol. The first-order chi connectivity index (χ1) is 59.4. The van der Waals surface area contributed by atoms with E-state index in [1.807, 2.05) is 34.6 Å². The van der Waals surface area contributed by atoms with E-state index in [-0.39, 0.29) is 79.3 Å². The van der Waals surface area contributed by atoms with Crippen LogP contribution < -0.4 is 10.6 Å². The maximum atomic E-state index is 14.4. The molecule has 0 spiro atoms. The third-order valence-electron chi connectivity index (χ3n) is 26.8. The van der Waals surface area contributed by atoms with Crippen molar-refractivity contribution < 1.29 is 154 Å². The highest BCUT2D eigenvalue weighted by molar-refractivity contribution is 5.90. The van der Waals surface area contributed by atoms with E-state index in [0.29, 0.717) is 11.1 Å². The van der Waals surface area contributed by atoms with Crippen molar-refractivity contribution in [2.24, 2.45) is 45.3 Å². The van der Waals surface area contributed by atoms with Gasteiger partial charge in [-0.25, -0.2) is 28.8 Å². The Balaban J connectivity index is 0.000000269. The van der Waals surface area contributed by atoms with Gasteiger partial charge in [0, 0.05) is 89.3 Å². The van der Waals surface area contributed by atoms with Gasteiger partial charge in [-0.2, -0.15) is 0 Å². The number of benzene rings is 2. The SMILES string of the molecule is C=CC(OC)OC.C=CC1O[C@H]2C[C@H]3OC[C@@]3(OC(C)=O)[C@H]3[C@H](OC(=O)c4ccccc4)[C@]4(O)C[C@H](OC(=O)C(O)[C@H](CC(C)C)NC(=O)OC(C)(C)C)C(C)=C([C@H](OC(C)=O)[C@H](O1)[C@]23C)C4(C)C.CC(=O)O[C@H]1C2=C(C)[C@@H](OC(=O)C(O)[C@H](CC(C)C)NC(=O)OC(C)(C)C)C[C@@](O)([C@@H](OC(=O)c3ccccc3)[C@@H]3[C@]4(OC(C)=O)CO[C@@H]4C[C@H](O)[C@@]3(C)[C@H]1O)C2(C)C. The standard InChI is InChI=1S/C46H63NO15.C43H61NO15.C5H10O2/c1-13-32-58-30-20-31-45(22-55-31,61-26(6)49)36-38(60-39(51)27-17-15-14-16-18-27)46(54)21-29(57-40(52)34(50)28(19-23(2)3)47-41(53)62-42(7,8)9)24(4)33(43(46,10)11)35(56-25(5)48)37(59-32)44(30,36)12;1-21(2)17-26(44-38(52)59-39(6,7)8)31(48)37(51)56-27-19-43(53)35(57-36(50)25-15-13-12-14-16-25)33-41(11,28(47)18-29-42(33,20-54-29)58-24(5)46)34(49)32(55-23(4)45)30(22(27)3)40(43,9)10;1-4-5(6-2)7-3/h13-18,23,28-32,34-38,50,54H,1,19-22H2,2-12H3,(H,47,53);12-16,21,26-29,31-35,47-49,53H,17-20H2,1-11H3,(H,44,52);4-5H,1H2,2-3H3/t28-,29-,30-,31+,32?,34?,35-,36-,37-,38-,44+,45-,46+;26-,27-,28-,29+,31?,32-,33-,34-,35-,41+,42-,43+;/m00./s1. The van der Waals surface area contributed by atoms with E-state index in [1.54, 1.807) is 152 Å². The van der Waals surface area contributed by atoms with Crippen molar-refractivity contribution in [1.82, 2.24) is 10.6 Å². The number of alkyl carbamates (subject to hydrolysis) is 2. The minimum Gasteiger partial charge on any atom is -0.456 e. The molecule has 6 aliphatic carbocycles. The Labute approximate surface area is 748 Å². The van der Waals surface area contributed by atoms with E-state index in [2.05, 4.69) is 23.8 Å². The van der Waals surface area contributed by atoms with Gasteiger partial charge < -0.3 is 117 Å². The van der Waals surface area contributed by atoms with Crippen LogP contribution in [-0.4, -0.2) is 262 Å². The highest BCUT2D eigenvalue weighted by Gasteiger charge is 2.82. The van der Waals surface area contributed by atoms with E-state index >= 15 is 0 Å². The quantitative estimate of drug-likeness (QED) is 0.0210.